The van der Waals surface area contributed by atoms with Crippen molar-refractivity contribution in [2.45, 2.75) is 44.7 Å². The summed E-state index contributed by atoms with van der Waals surface area (Å²) in [7, 11) is 1.39. The van der Waals surface area contributed by atoms with Crippen LogP contribution in [0.5, 0.6) is 5.75 Å². The van der Waals surface area contributed by atoms with Crippen LogP contribution in [0.3, 0.4) is 0 Å². The molecule has 0 bridgehead atoms. The second-order valence-electron chi connectivity index (χ2n) is 6.41. The van der Waals surface area contributed by atoms with Crippen LogP contribution < -0.4 is 10.1 Å². The molecule has 1 heterocycles. The minimum absolute atomic E-state index is 0.0695. The number of hydrogen-bond acceptors (Lipinski definition) is 3. The second kappa shape index (κ2) is 5.83. The average Bonchev–Trinajstić information content (AvgIpc) is 2.76. The first-order valence-corrected chi connectivity index (χ1v) is 7.94. The number of nitrogens with one attached hydrogen (secondary N) is 1. The van der Waals surface area contributed by atoms with E-state index in [-0.39, 0.29) is 30.2 Å². The van der Waals surface area contributed by atoms with E-state index < -0.39 is 11.4 Å². The van der Waals surface area contributed by atoms with Gasteiger partial charge in [0, 0.05) is 0 Å². The molecule has 1 saturated heterocycles. The van der Waals surface area contributed by atoms with Crippen LogP contribution in [0.25, 0.3) is 0 Å². The lowest BCUT2D eigenvalue weighted by molar-refractivity contribution is -0.134. The summed E-state index contributed by atoms with van der Waals surface area (Å²) in [4.78, 5) is 26.3. The molecular formula is C17H21FN2O3. The van der Waals surface area contributed by atoms with Gasteiger partial charge in [-0.3, -0.25) is 9.69 Å². The number of methoxy groups -OCH3 is 1. The van der Waals surface area contributed by atoms with Crippen LogP contribution in [0.15, 0.2) is 18.2 Å². The van der Waals surface area contributed by atoms with E-state index in [4.69, 9.17) is 4.74 Å². The number of hydrogen-bond donors (Lipinski definition) is 1. The molecule has 1 aliphatic heterocycles. The van der Waals surface area contributed by atoms with Crippen LogP contribution in [0.4, 0.5) is 9.18 Å². The van der Waals surface area contributed by atoms with Gasteiger partial charge in [0.05, 0.1) is 13.7 Å². The number of imide groups is 1. The lowest BCUT2D eigenvalue weighted by Gasteiger charge is -2.36. The standard InChI is InChI=1S/C17H21FN2O3/c1-11-5-3-4-8-17(11)15(21)20(16(22)19-17)10-12-6-7-14(23-2)13(18)9-12/h6-7,9,11H,3-5,8,10H2,1-2H3,(H,19,22). The summed E-state index contributed by atoms with van der Waals surface area (Å²) in [6.07, 6.45) is 3.61. The van der Waals surface area contributed by atoms with Crippen LogP contribution in [-0.4, -0.2) is 29.5 Å². The summed E-state index contributed by atoms with van der Waals surface area (Å²) in [6, 6.07) is 4.08. The SMILES string of the molecule is COc1ccc(CN2C(=O)NC3(CCCCC3C)C2=O)cc1F. The van der Waals surface area contributed by atoms with Gasteiger partial charge < -0.3 is 10.1 Å². The Morgan fingerprint density at radius 3 is 2.83 bits per heavy atom. The molecule has 0 aromatic heterocycles. The molecule has 1 saturated carbocycles. The van der Waals surface area contributed by atoms with Crippen molar-refractivity contribution in [3.8, 4) is 5.75 Å². The number of ether oxygens (including phenoxy) is 1. The van der Waals surface area contributed by atoms with E-state index in [9.17, 15) is 14.0 Å². The van der Waals surface area contributed by atoms with Crippen molar-refractivity contribution in [1.29, 1.82) is 0 Å². The molecule has 2 aliphatic rings. The van der Waals surface area contributed by atoms with Crippen molar-refractivity contribution in [3.63, 3.8) is 0 Å². The van der Waals surface area contributed by atoms with Crippen molar-refractivity contribution in [2.24, 2.45) is 5.92 Å². The summed E-state index contributed by atoms with van der Waals surface area (Å²) in [5.41, 5.74) is -0.215. The normalized spacial score (nSPS) is 27.4. The largest absolute Gasteiger partial charge is 0.494 e. The Balaban J connectivity index is 1.82. The number of carbonyl (C=O) groups is 2. The van der Waals surface area contributed by atoms with E-state index in [1.165, 1.54) is 24.1 Å². The van der Waals surface area contributed by atoms with E-state index in [1.807, 2.05) is 6.92 Å². The summed E-state index contributed by atoms with van der Waals surface area (Å²) < 4.78 is 18.7. The lowest BCUT2D eigenvalue weighted by Crippen LogP contribution is -2.53. The van der Waals surface area contributed by atoms with Gasteiger partial charge in [0.15, 0.2) is 11.6 Å². The van der Waals surface area contributed by atoms with E-state index in [0.717, 1.165) is 19.3 Å². The summed E-state index contributed by atoms with van der Waals surface area (Å²) in [5, 5.41) is 2.90. The Labute approximate surface area is 134 Å². The maximum Gasteiger partial charge on any atom is 0.325 e. The summed E-state index contributed by atoms with van der Waals surface area (Å²) in [5.74, 6) is -0.433. The fourth-order valence-electron chi connectivity index (χ4n) is 3.63. The van der Waals surface area contributed by atoms with Crippen molar-refractivity contribution in [1.82, 2.24) is 10.2 Å². The average molecular weight is 320 g/mol. The predicted octanol–water partition coefficient (Wildman–Crippen LogP) is 2.84. The lowest BCUT2D eigenvalue weighted by atomic mass is 9.73. The first-order chi connectivity index (χ1) is 11.0. The molecule has 0 radical (unpaired) electrons. The van der Waals surface area contributed by atoms with Crippen LogP contribution in [0.1, 0.15) is 38.2 Å². The zero-order valence-corrected chi connectivity index (χ0v) is 13.4. The van der Waals surface area contributed by atoms with Crippen LogP contribution in [-0.2, 0) is 11.3 Å². The van der Waals surface area contributed by atoms with Crippen molar-refractivity contribution >= 4 is 11.9 Å². The molecule has 23 heavy (non-hydrogen) atoms. The smallest absolute Gasteiger partial charge is 0.325 e. The molecule has 1 spiro atoms. The van der Waals surface area contributed by atoms with Gasteiger partial charge in [0.1, 0.15) is 5.54 Å². The second-order valence-corrected chi connectivity index (χ2v) is 6.41. The number of halogens is 1. The number of nitrogens with zero attached hydrogens (tertiary/aromatic N) is 1. The minimum atomic E-state index is -0.777. The number of urea groups is 1. The molecule has 5 nitrogen and oxygen atoms in total. The molecule has 3 amide bonds. The van der Waals surface area contributed by atoms with Gasteiger partial charge in [-0.1, -0.05) is 25.8 Å². The molecule has 3 rings (SSSR count). The highest BCUT2D eigenvalue weighted by molar-refractivity contribution is 6.07. The zero-order valence-electron chi connectivity index (χ0n) is 13.4. The van der Waals surface area contributed by atoms with Gasteiger partial charge in [-0.25, -0.2) is 9.18 Å². The first kappa shape index (κ1) is 15.8. The predicted molar refractivity (Wildman–Crippen MR) is 82.4 cm³/mol. The third-order valence-corrected chi connectivity index (χ3v) is 5.06. The molecule has 1 aliphatic carbocycles. The Morgan fingerprint density at radius 2 is 2.17 bits per heavy atom. The Kier molecular flexibility index (Phi) is 4.00. The van der Waals surface area contributed by atoms with Crippen LogP contribution in [0, 0.1) is 11.7 Å². The topological polar surface area (TPSA) is 58.6 Å². The van der Waals surface area contributed by atoms with Gasteiger partial charge in [-0.15, -0.1) is 0 Å². The summed E-state index contributed by atoms with van der Waals surface area (Å²) >= 11 is 0. The maximum absolute atomic E-state index is 13.8. The third-order valence-electron chi connectivity index (χ3n) is 5.06. The Hall–Kier alpha value is -2.11. The molecule has 1 aromatic rings. The third kappa shape index (κ3) is 2.56. The Bertz CT molecular complexity index is 649. The van der Waals surface area contributed by atoms with Crippen molar-refractivity contribution in [3.05, 3.63) is 29.6 Å². The molecule has 124 valence electrons. The fourth-order valence-corrected chi connectivity index (χ4v) is 3.63. The first-order valence-electron chi connectivity index (χ1n) is 7.94. The number of amides is 3. The summed E-state index contributed by atoms with van der Waals surface area (Å²) in [6.45, 7) is 2.08. The van der Waals surface area contributed by atoms with Gasteiger partial charge in [0.25, 0.3) is 5.91 Å². The molecular weight excluding hydrogens is 299 g/mol. The molecule has 2 atom stereocenters. The van der Waals surface area contributed by atoms with E-state index >= 15 is 0 Å². The number of rotatable bonds is 3. The Morgan fingerprint density at radius 1 is 1.39 bits per heavy atom. The molecule has 1 aromatic carbocycles. The van der Waals surface area contributed by atoms with E-state index in [2.05, 4.69) is 5.32 Å². The van der Waals surface area contributed by atoms with Crippen molar-refractivity contribution < 1.29 is 18.7 Å². The van der Waals surface area contributed by atoms with Gasteiger partial charge in [-0.2, -0.15) is 0 Å². The van der Waals surface area contributed by atoms with Gasteiger partial charge >= 0.3 is 6.03 Å². The quantitative estimate of drug-likeness (QED) is 0.871. The van der Waals surface area contributed by atoms with Crippen LogP contribution in [0.2, 0.25) is 0 Å². The van der Waals surface area contributed by atoms with E-state index in [0.29, 0.717) is 12.0 Å². The number of carbonyl (C=O) groups excluding carboxylic acids is 2. The van der Waals surface area contributed by atoms with Crippen molar-refractivity contribution in [2.75, 3.05) is 7.11 Å². The highest BCUT2D eigenvalue weighted by Crippen LogP contribution is 2.38. The maximum atomic E-state index is 13.8. The number of benzene rings is 1. The highest BCUT2D eigenvalue weighted by Gasteiger charge is 2.54. The molecule has 6 heteroatoms. The highest BCUT2D eigenvalue weighted by atomic mass is 19.1. The minimum Gasteiger partial charge on any atom is -0.494 e. The van der Waals surface area contributed by atoms with Gasteiger partial charge in [-0.05, 0) is 36.5 Å². The fraction of sp³-hybridized carbons (Fsp3) is 0.529. The van der Waals surface area contributed by atoms with E-state index in [1.54, 1.807) is 6.07 Å². The molecule has 1 N–H and O–H groups in total. The zero-order chi connectivity index (χ0) is 16.6. The monoisotopic (exact) mass is 320 g/mol. The molecule has 2 fully saturated rings. The molecule has 2 unspecified atom stereocenters. The van der Waals surface area contributed by atoms with Gasteiger partial charge in [0.2, 0.25) is 0 Å². The van der Waals surface area contributed by atoms with Crippen LogP contribution >= 0.6 is 0 Å².